The number of benzene rings is 1. The summed E-state index contributed by atoms with van der Waals surface area (Å²) in [6.07, 6.45) is 1.80. The average Bonchev–Trinajstić information content (AvgIpc) is 2.47. The molecule has 0 bridgehead atoms. The molecule has 1 aromatic rings. The average molecular weight is 289 g/mol. The van der Waals surface area contributed by atoms with Gasteiger partial charge in [0, 0.05) is 37.2 Å². The lowest BCUT2D eigenvalue weighted by Crippen LogP contribution is -2.42. The zero-order valence-corrected chi connectivity index (χ0v) is 12.4. The number of nitrogens with zero attached hydrogens (tertiary/aromatic N) is 1. The van der Waals surface area contributed by atoms with E-state index in [9.17, 15) is 9.59 Å². The minimum atomic E-state index is -0.114. The first-order valence-electron chi connectivity index (χ1n) is 7.45. The van der Waals surface area contributed by atoms with E-state index in [1.54, 1.807) is 0 Å². The third-order valence-electron chi connectivity index (χ3n) is 3.76. The van der Waals surface area contributed by atoms with E-state index in [0.29, 0.717) is 32.4 Å². The van der Waals surface area contributed by atoms with Crippen molar-refractivity contribution in [1.29, 1.82) is 0 Å². The number of amides is 2. The maximum atomic E-state index is 12.2. The quantitative estimate of drug-likeness (QED) is 0.884. The first-order chi connectivity index (χ1) is 10.1. The minimum absolute atomic E-state index is 0.0236. The lowest BCUT2D eigenvalue weighted by atomic mass is 9.95. The molecule has 114 valence electrons. The van der Waals surface area contributed by atoms with Crippen LogP contribution >= 0.6 is 0 Å². The Morgan fingerprint density at radius 1 is 1.29 bits per heavy atom. The van der Waals surface area contributed by atoms with E-state index >= 15 is 0 Å². The molecule has 0 saturated carbocycles. The lowest BCUT2D eigenvalue weighted by molar-refractivity contribution is -0.134. The second kappa shape index (κ2) is 7.22. The van der Waals surface area contributed by atoms with Crippen molar-refractivity contribution >= 4 is 17.5 Å². The topological polar surface area (TPSA) is 75.4 Å². The number of hydrogen-bond acceptors (Lipinski definition) is 3. The zero-order chi connectivity index (χ0) is 15.2. The summed E-state index contributed by atoms with van der Waals surface area (Å²) in [5, 5.41) is 2.93. The highest BCUT2D eigenvalue weighted by atomic mass is 16.2. The van der Waals surface area contributed by atoms with Crippen molar-refractivity contribution in [1.82, 2.24) is 4.90 Å². The van der Waals surface area contributed by atoms with E-state index < -0.39 is 0 Å². The molecule has 1 aliphatic rings. The van der Waals surface area contributed by atoms with E-state index in [0.717, 1.165) is 5.69 Å². The summed E-state index contributed by atoms with van der Waals surface area (Å²) in [4.78, 5) is 25.9. The van der Waals surface area contributed by atoms with Crippen LogP contribution in [0, 0.1) is 5.92 Å². The Balaban J connectivity index is 1.81. The van der Waals surface area contributed by atoms with E-state index in [1.807, 2.05) is 42.2 Å². The smallest absolute Gasteiger partial charge is 0.227 e. The van der Waals surface area contributed by atoms with Crippen LogP contribution < -0.4 is 11.1 Å². The van der Waals surface area contributed by atoms with Crippen molar-refractivity contribution < 1.29 is 9.59 Å². The van der Waals surface area contributed by atoms with Gasteiger partial charge in [0.15, 0.2) is 0 Å². The molecule has 0 aromatic heterocycles. The minimum Gasteiger partial charge on any atom is -0.343 e. The van der Waals surface area contributed by atoms with Crippen molar-refractivity contribution in [2.45, 2.75) is 32.2 Å². The molecular formula is C16H23N3O2. The van der Waals surface area contributed by atoms with Crippen molar-refractivity contribution in [3.8, 4) is 0 Å². The Labute approximate surface area is 125 Å². The Hall–Kier alpha value is -1.88. The Bertz CT molecular complexity index is 480. The SMILES string of the molecule is CC(N)CC(=O)N1CCC(C(=O)Nc2ccccc2)CC1. The number of anilines is 1. The molecule has 2 amide bonds. The number of carbonyl (C=O) groups excluding carboxylic acids is 2. The zero-order valence-electron chi connectivity index (χ0n) is 12.4. The maximum absolute atomic E-state index is 12.2. The van der Waals surface area contributed by atoms with Crippen LogP contribution in [0.25, 0.3) is 0 Å². The molecule has 5 nitrogen and oxygen atoms in total. The van der Waals surface area contributed by atoms with E-state index in [2.05, 4.69) is 5.32 Å². The summed E-state index contributed by atoms with van der Waals surface area (Å²) in [6, 6.07) is 9.34. The Morgan fingerprint density at radius 3 is 2.48 bits per heavy atom. The van der Waals surface area contributed by atoms with Crippen molar-refractivity contribution in [2.24, 2.45) is 11.7 Å². The van der Waals surface area contributed by atoms with Crippen LogP contribution in [-0.2, 0) is 9.59 Å². The van der Waals surface area contributed by atoms with Gasteiger partial charge in [-0.1, -0.05) is 18.2 Å². The molecule has 1 aliphatic heterocycles. The van der Waals surface area contributed by atoms with Gasteiger partial charge in [0.25, 0.3) is 0 Å². The second-order valence-corrected chi connectivity index (χ2v) is 5.69. The van der Waals surface area contributed by atoms with Gasteiger partial charge in [-0.05, 0) is 31.9 Å². The predicted molar refractivity (Wildman–Crippen MR) is 82.6 cm³/mol. The molecule has 1 aromatic carbocycles. The molecule has 0 spiro atoms. The van der Waals surface area contributed by atoms with Crippen LogP contribution in [0.3, 0.4) is 0 Å². The largest absolute Gasteiger partial charge is 0.343 e. The summed E-state index contributed by atoms with van der Waals surface area (Å²) in [5.74, 6) is 0.108. The molecular weight excluding hydrogens is 266 g/mol. The maximum Gasteiger partial charge on any atom is 0.227 e. The first-order valence-corrected chi connectivity index (χ1v) is 7.45. The third kappa shape index (κ3) is 4.56. The van der Waals surface area contributed by atoms with Crippen molar-refractivity contribution in [3.05, 3.63) is 30.3 Å². The number of nitrogens with two attached hydrogens (primary N) is 1. The molecule has 5 heteroatoms. The van der Waals surface area contributed by atoms with Crippen molar-refractivity contribution in [2.75, 3.05) is 18.4 Å². The summed E-state index contributed by atoms with van der Waals surface area (Å²) >= 11 is 0. The number of rotatable bonds is 4. The van der Waals surface area contributed by atoms with Gasteiger partial charge in [-0.3, -0.25) is 9.59 Å². The van der Waals surface area contributed by atoms with Gasteiger partial charge in [0.05, 0.1) is 0 Å². The molecule has 3 N–H and O–H groups in total. The summed E-state index contributed by atoms with van der Waals surface area (Å²) in [5.41, 5.74) is 6.47. The molecule has 1 fully saturated rings. The molecule has 1 saturated heterocycles. The summed E-state index contributed by atoms with van der Waals surface area (Å²) in [6.45, 7) is 3.11. The fourth-order valence-corrected chi connectivity index (χ4v) is 2.56. The van der Waals surface area contributed by atoms with Gasteiger partial charge >= 0.3 is 0 Å². The lowest BCUT2D eigenvalue weighted by Gasteiger charge is -2.31. The van der Waals surface area contributed by atoms with Gasteiger partial charge in [0.2, 0.25) is 11.8 Å². The fourth-order valence-electron chi connectivity index (χ4n) is 2.56. The highest BCUT2D eigenvalue weighted by Gasteiger charge is 2.27. The summed E-state index contributed by atoms with van der Waals surface area (Å²) in [7, 11) is 0. The van der Waals surface area contributed by atoms with Crippen LogP contribution in [0.2, 0.25) is 0 Å². The van der Waals surface area contributed by atoms with Crippen molar-refractivity contribution in [3.63, 3.8) is 0 Å². The van der Waals surface area contributed by atoms with Crippen LogP contribution in [0.5, 0.6) is 0 Å². The van der Waals surface area contributed by atoms with Gasteiger partial charge in [-0.2, -0.15) is 0 Å². The molecule has 0 radical (unpaired) electrons. The molecule has 1 heterocycles. The van der Waals surface area contributed by atoms with Crippen LogP contribution in [0.4, 0.5) is 5.69 Å². The first kappa shape index (κ1) is 15.5. The van der Waals surface area contributed by atoms with E-state index in [-0.39, 0.29) is 23.8 Å². The van der Waals surface area contributed by atoms with Crippen LogP contribution in [0.15, 0.2) is 30.3 Å². The van der Waals surface area contributed by atoms with Gasteiger partial charge in [-0.25, -0.2) is 0 Å². The summed E-state index contributed by atoms with van der Waals surface area (Å²) < 4.78 is 0. The number of nitrogens with one attached hydrogen (secondary N) is 1. The van der Waals surface area contributed by atoms with Gasteiger partial charge in [-0.15, -0.1) is 0 Å². The monoisotopic (exact) mass is 289 g/mol. The molecule has 1 unspecified atom stereocenters. The van der Waals surface area contributed by atoms with Crippen LogP contribution in [-0.4, -0.2) is 35.8 Å². The third-order valence-corrected chi connectivity index (χ3v) is 3.76. The number of hydrogen-bond donors (Lipinski definition) is 2. The normalized spacial score (nSPS) is 17.3. The Kier molecular flexibility index (Phi) is 5.33. The fraction of sp³-hybridized carbons (Fsp3) is 0.500. The molecule has 1 atom stereocenters. The molecule has 0 aliphatic carbocycles. The number of carbonyl (C=O) groups is 2. The molecule has 2 rings (SSSR count). The highest BCUT2D eigenvalue weighted by Crippen LogP contribution is 2.20. The van der Waals surface area contributed by atoms with Gasteiger partial charge in [0.1, 0.15) is 0 Å². The van der Waals surface area contributed by atoms with Gasteiger partial charge < -0.3 is 16.0 Å². The van der Waals surface area contributed by atoms with E-state index in [4.69, 9.17) is 5.73 Å². The molecule has 21 heavy (non-hydrogen) atoms. The standard InChI is InChI=1S/C16H23N3O2/c1-12(17)11-15(20)19-9-7-13(8-10-19)16(21)18-14-5-3-2-4-6-14/h2-6,12-13H,7-11,17H2,1H3,(H,18,21). The predicted octanol–water partition coefficient (Wildman–Crippen LogP) is 1.60. The number of likely N-dealkylation sites (tertiary alicyclic amines) is 1. The van der Waals surface area contributed by atoms with Crippen LogP contribution in [0.1, 0.15) is 26.2 Å². The number of para-hydroxylation sites is 1. The second-order valence-electron chi connectivity index (χ2n) is 5.69. The number of piperidine rings is 1. The van der Waals surface area contributed by atoms with E-state index in [1.165, 1.54) is 0 Å². The Morgan fingerprint density at radius 2 is 1.90 bits per heavy atom. The highest BCUT2D eigenvalue weighted by molar-refractivity contribution is 5.92.